The van der Waals surface area contributed by atoms with E-state index in [1.165, 1.54) is 13.3 Å². The zero-order valence-electron chi connectivity index (χ0n) is 18.9. The number of carbonyl (C=O) groups excluding carboxylic acids is 1. The van der Waals surface area contributed by atoms with Gasteiger partial charge in [-0.25, -0.2) is 5.43 Å². The monoisotopic (exact) mass is 524 g/mol. The van der Waals surface area contributed by atoms with E-state index in [4.69, 9.17) is 18.9 Å². The van der Waals surface area contributed by atoms with Crippen LogP contribution in [0.1, 0.15) is 21.5 Å². The molecule has 0 fully saturated rings. The molecule has 1 amide bonds. The van der Waals surface area contributed by atoms with Gasteiger partial charge in [0.15, 0.2) is 23.0 Å². The number of methoxy groups -OCH3 is 2. The van der Waals surface area contributed by atoms with Gasteiger partial charge in [0.05, 0.1) is 24.9 Å². The van der Waals surface area contributed by atoms with Gasteiger partial charge in [-0.15, -0.1) is 0 Å². The number of ether oxygens (including phenoxy) is 4. The standard InChI is InChI=1S/C26H25BrN2O5/c1-4-12-33-22-11-10-20(15-23(22)31-2)26(30)29-28-16-19-13-21(27)25(24(14-19)32-3)34-17-18-8-6-5-7-9-18/h4-11,13-16H,1,12,17H2,2-3H3,(H,29,30)/b28-16+. The topological polar surface area (TPSA) is 78.4 Å². The Labute approximate surface area is 207 Å². The molecule has 0 heterocycles. The van der Waals surface area contributed by atoms with Crippen molar-refractivity contribution in [1.29, 1.82) is 0 Å². The molecule has 3 aromatic carbocycles. The first-order valence-electron chi connectivity index (χ1n) is 10.3. The van der Waals surface area contributed by atoms with Gasteiger partial charge in [-0.3, -0.25) is 4.79 Å². The summed E-state index contributed by atoms with van der Waals surface area (Å²) >= 11 is 3.52. The number of hydrogen-bond donors (Lipinski definition) is 1. The molecule has 0 atom stereocenters. The summed E-state index contributed by atoms with van der Waals surface area (Å²) in [5, 5.41) is 4.06. The summed E-state index contributed by atoms with van der Waals surface area (Å²) in [6.07, 6.45) is 3.15. The van der Waals surface area contributed by atoms with Crippen molar-refractivity contribution < 1.29 is 23.7 Å². The molecule has 176 valence electrons. The number of halogens is 1. The van der Waals surface area contributed by atoms with E-state index >= 15 is 0 Å². The quantitative estimate of drug-likeness (QED) is 0.207. The van der Waals surface area contributed by atoms with Crippen molar-refractivity contribution in [3.8, 4) is 23.0 Å². The van der Waals surface area contributed by atoms with E-state index < -0.39 is 5.91 Å². The predicted molar refractivity (Wildman–Crippen MR) is 135 cm³/mol. The lowest BCUT2D eigenvalue weighted by Crippen LogP contribution is -2.17. The summed E-state index contributed by atoms with van der Waals surface area (Å²) in [6.45, 7) is 4.35. The van der Waals surface area contributed by atoms with Gasteiger partial charge in [0, 0.05) is 5.56 Å². The Morgan fingerprint density at radius 1 is 1.00 bits per heavy atom. The summed E-state index contributed by atoms with van der Waals surface area (Å²) in [5.74, 6) is 1.70. The van der Waals surface area contributed by atoms with Crippen LogP contribution in [0.15, 0.2) is 82.9 Å². The molecule has 7 nitrogen and oxygen atoms in total. The Morgan fingerprint density at radius 3 is 2.47 bits per heavy atom. The van der Waals surface area contributed by atoms with Crippen molar-refractivity contribution in [3.63, 3.8) is 0 Å². The van der Waals surface area contributed by atoms with Gasteiger partial charge in [-0.1, -0.05) is 43.0 Å². The molecule has 0 aliphatic heterocycles. The van der Waals surface area contributed by atoms with E-state index in [2.05, 4.69) is 33.0 Å². The molecule has 0 bridgehead atoms. The normalized spacial score (nSPS) is 10.6. The first-order valence-corrected chi connectivity index (χ1v) is 11.1. The second kappa shape index (κ2) is 12.5. The molecule has 3 rings (SSSR count). The Balaban J connectivity index is 1.67. The van der Waals surface area contributed by atoms with Crippen LogP contribution in [0.25, 0.3) is 0 Å². The molecule has 0 saturated carbocycles. The maximum absolute atomic E-state index is 12.5. The Hall–Kier alpha value is -3.78. The van der Waals surface area contributed by atoms with Gasteiger partial charge in [0.2, 0.25) is 0 Å². The number of hydrazone groups is 1. The minimum absolute atomic E-state index is 0.335. The van der Waals surface area contributed by atoms with E-state index in [1.54, 1.807) is 37.5 Å². The van der Waals surface area contributed by atoms with Crippen LogP contribution in [0.4, 0.5) is 0 Å². The summed E-state index contributed by atoms with van der Waals surface area (Å²) in [6, 6.07) is 18.3. The third-order valence-electron chi connectivity index (χ3n) is 4.64. The van der Waals surface area contributed by atoms with E-state index in [-0.39, 0.29) is 0 Å². The van der Waals surface area contributed by atoms with E-state index in [9.17, 15) is 4.79 Å². The average Bonchev–Trinajstić information content (AvgIpc) is 2.86. The molecule has 8 heteroatoms. The van der Waals surface area contributed by atoms with E-state index in [0.29, 0.717) is 51.8 Å². The van der Waals surface area contributed by atoms with Crippen LogP contribution in [0.2, 0.25) is 0 Å². The number of amides is 1. The van der Waals surface area contributed by atoms with Crippen molar-refractivity contribution in [2.75, 3.05) is 20.8 Å². The van der Waals surface area contributed by atoms with Crippen LogP contribution in [0.5, 0.6) is 23.0 Å². The lowest BCUT2D eigenvalue weighted by molar-refractivity contribution is 0.0954. The number of hydrogen-bond acceptors (Lipinski definition) is 6. The highest BCUT2D eigenvalue weighted by atomic mass is 79.9. The fraction of sp³-hybridized carbons (Fsp3) is 0.154. The zero-order valence-corrected chi connectivity index (χ0v) is 20.5. The molecule has 0 radical (unpaired) electrons. The third-order valence-corrected chi connectivity index (χ3v) is 5.23. The van der Waals surface area contributed by atoms with Crippen molar-refractivity contribution in [1.82, 2.24) is 5.43 Å². The number of carbonyl (C=O) groups is 1. The minimum Gasteiger partial charge on any atom is -0.493 e. The van der Waals surface area contributed by atoms with Crippen LogP contribution in [0.3, 0.4) is 0 Å². The SMILES string of the molecule is C=CCOc1ccc(C(=O)N/N=C/c2cc(Br)c(OCc3ccccc3)c(OC)c2)cc1OC. The molecule has 3 aromatic rings. The van der Waals surface area contributed by atoms with Crippen molar-refractivity contribution in [3.05, 3.63) is 94.5 Å². The highest BCUT2D eigenvalue weighted by Crippen LogP contribution is 2.37. The molecule has 0 unspecified atom stereocenters. The Bertz CT molecular complexity index is 1170. The fourth-order valence-electron chi connectivity index (χ4n) is 2.99. The first-order chi connectivity index (χ1) is 16.5. The molecule has 34 heavy (non-hydrogen) atoms. The molecule has 0 aliphatic rings. The second-order valence-corrected chi connectivity index (χ2v) is 7.83. The summed E-state index contributed by atoms with van der Waals surface area (Å²) in [7, 11) is 3.07. The fourth-order valence-corrected chi connectivity index (χ4v) is 3.57. The molecule has 0 aliphatic carbocycles. The van der Waals surface area contributed by atoms with Gasteiger partial charge in [0.25, 0.3) is 5.91 Å². The second-order valence-electron chi connectivity index (χ2n) is 6.97. The molecule has 0 saturated heterocycles. The van der Waals surface area contributed by atoms with Crippen LogP contribution in [-0.4, -0.2) is 32.9 Å². The highest BCUT2D eigenvalue weighted by molar-refractivity contribution is 9.10. The maximum atomic E-state index is 12.5. The zero-order chi connectivity index (χ0) is 24.3. The molecule has 1 N–H and O–H groups in total. The summed E-state index contributed by atoms with van der Waals surface area (Å²) < 4.78 is 22.9. The van der Waals surface area contributed by atoms with Gasteiger partial charge in [-0.2, -0.15) is 5.10 Å². The van der Waals surface area contributed by atoms with Crippen molar-refractivity contribution in [2.24, 2.45) is 5.10 Å². The van der Waals surface area contributed by atoms with E-state index in [1.807, 2.05) is 36.4 Å². The number of rotatable bonds is 11. The van der Waals surface area contributed by atoms with Crippen LogP contribution in [-0.2, 0) is 6.61 Å². The van der Waals surface area contributed by atoms with Crippen LogP contribution < -0.4 is 24.4 Å². The molecular weight excluding hydrogens is 500 g/mol. The minimum atomic E-state index is -0.390. The summed E-state index contributed by atoms with van der Waals surface area (Å²) in [5.41, 5.74) is 4.64. The van der Waals surface area contributed by atoms with Gasteiger partial charge >= 0.3 is 0 Å². The average molecular weight is 525 g/mol. The number of nitrogens with zero attached hydrogens (tertiary/aromatic N) is 1. The maximum Gasteiger partial charge on any atom is 0.271 e. The molecular formula is C26H25BrN2O5. The number of nitrogens with one attached hydrogen (secondary N) is 1. The summed E-state index contributed by atoms with van der Waals surface area (Å²) in [4.78, 5) is 12.5. The number of benzene rings is 3. The largest absolute Gasteiger partial charge is 0.493 e. The molecule has 0 spiro atoms. The third kappa shape index (κ3) is 6.62. The Morgan fingerprint density at radius 2 is 1.76 bits per heavy atom. The lowest BCUT2D eigenvalue weighted by Gasteiger charge is -2.13. The van der Waals surface area contributed by atoms with Crippen LogP contribution >= 0.6 is 15.9 Å². The lowest BCUT2D eigenvalue weighted by atomic mass is 10.2. The predicted octanol–water partition coefficient (Wildman–Crippen LogP) is 5.37. The van der Waals surface area contributed by atoms with Gasteiger partial charge < -0.3 is 18.9 Å². The van der Waals surface area contributed by atoms with Gasteiger partial charge in [0.1, 0.15) is 13.2 Å². The first kappa shape index (κ1) is 24.9. The van der Waals surface area contributed by atoms with Crippen molar-refractivity contribution in [2.45, 2.75) is 6.61 Å². The Kier molecular flexibility index (Phi) is 9.11. The van der Waals surface area contributed by atoms with Crippen LogP contribution in [0, 0.1) is 0 Å². The van der Waals surface area contributed by atoms with E-state index in [0.717, 1.165) is 5.56 Å². The van der Waals surface area contributed by atoms with Crippen molar-refractivity contribution >= 4 is 28.1 Å². The highest BCUT2D eigenvalue weighted by Gasteiger charge is 2.13. The smallest absolute Gasteiger partial charge is 0.271 e. The molecule has 0 aromatic heterocycles. The van der Waals surface area contributed by atoms with Gasteiger partial charge in [-0.05, 0) is 57.4 Å².